The monoisotopic (exact) mass is 561 g/mol. The molecular weight excluding hydrogens is 531 g/mol. The van der Waals surface area contributed by atoms with Crippen molar-refractivity contribution in [3.63, 3.8) is 0 Å². The fraction of sp³-hybridized carbons (Fsp3) is 0.519. The molecule has 0 bridgehead atoms. The summed E-state index contributed by atoms with van der Waals surface area (Å²) in [7, 11) is 0. The average Bonchev–Trinajstić information content (AvgIpc) is 3.28. The standard InChI is InChI=1S/C27H30F7N3O2/c28-11-12-36-15-18-7-4-10-25(23(18)17-5-2-1-3-6-17)14-19(16-38-25)21-13-20(37-24(35)26(29,30)31)8-9-22(21)39-27(32,33)34/h1-3,5-6,8-9,13,18-19,23,36H,4,7,10-12,14-16H2,(H2,35,37)/t18-,19+,23-,25-/m1/s1. The first-order chi connectivity index (χ1) is 18.4. The fourth-order valence-corrected chi connectivity index (χ4v) is 5.96. The second-order valence-corrected chi connectivity index (χ2v) is 9.98. The molecule has 4 rings (SSSR count). The molecule has 4 atom stereocenters. The number of alkyl halides is 7. The van der Waals surface area contributed by atoms with Gasteiger partial charge >= 0.3 is 12.5 Å². The van der Waals surface area contributed by atoms with Crippen molar-refractivity contribution in [3.05, 3.63) is 59.7 Å². The van der Waals surface area contributed by atoms with Crippen molar-refractivity contribution in [2.75, 3.05) is 26.4 Å². The average molecular weight is 562 g/mol. The second-order valence-electron chi connectivity index (χ2n) is 9.98. The molecule has 1 aliphatic carbocycles. The normalized spacial score (nSPS) is 26.2. The number of hydrogen-bond acceptors (Lipinski definition) is 4. The van der Waals surface area contributed by atoms with Crippen LogP contribution in [-0.4, -0.2) is 50.3 Å². The van der Waals surface area contributed by atoms with Crippen LogP contribution in [-0.2, 0) is 4.74 Å². The van der Waals surface area contributed by atoms with Gasteiger partial charge in [0.1, 0.15) is 12.4 Å². The van der Waals surface area contributed by atoms with Gasteiger partial charge in [-0.25, -0.2) is 9.38 Å². The summed E-state index contributed by atoms with van der Waals surface area (Å²) in [5, 5.41) is 3.13. The van der Waals surface area contributed by atoms with E-state index in [9.17, 15) is 30.7 Å². The van der Waals surface area contributed by atoms with E-state index >= 15 is 0 Å². The van der Waals surface area contributed by atoms with Crippen molar-refractivity contribution < 1.29 is 40.2 Å². The van der Waals surface area contributed by atoms with Gasteiger partial charge in [-0.05, 0) is 55.5 Å². The molecule has 1 heterocycles. The van der Waals surface area contributed by atoms with Crippen LogP contribution >= 0.6 is 0 Å². The van der Waals surface area contributed by atoms with Crippen LogP contribution < -0.4 is 15.8 Å². The van der Waals surface area contributed by atoms with Crippen molar-refractivity contribution in [1.29, 1.82) is 0 Å². The number of halogens is 7. The summed E-state index contributed by atoms with van der Waals surface area (Å²) in [6, 6.07) is 12.7. The van der Waals surface area contributed by atoms with Gasteiger partial charge in [-0.2, -0.15) is 13.2 Å². The highest BCUT2D eigenvalue weighted by Gasteiger charge is 2.52. The van der Waals surface area contributed by atoms with Gasteiger partial charge in [0.15, 0.2) is 0 Å². The van der Waals surface area contributed by atoms with Crippen molar-refractivity contribution in [3.8, 4) is 5.75 Å². The molecule has 2 aromatic rings. The zero-order valence-corrected chi connectivity index (χ0v) is 21.0. The molecule has 214 valence electrons. The Balaban J connectivity index is 1.70. The third kappa shape index (κ3) is 7.02. The third-order valence-corrected chi connectivity index (χ3v) is 7.41. The van der Waals surface area contributed by atoms with Gasteiger partial charge in [0, 0.05) is 23.9 Å². The molecule has 1 saturated carbocycles. The molecule has 0 radical (unpaired) electrons. The zero-order chi connectivity index (χ0) is 28.3. The Hall–Kier alpha value is -2.86. The Morgan fingerprint density at radius 3 is 2.51 bits per heavy atom. The summed E-state index contributed by atoms with van der Waals surface area (Å²) >= 11 is 0. The lowest BCUT2D eigenvalue weighted by atomic mass is 9.64. The number of nitrogens with one attached hydrogen (secondary N) is 1. The van der Waals surface area contributed by atoms with Crippen LogP contribution in [0, 0.1) is 5.92 Å². The van der Waals surface area contributed by atoms with Crippen molar-refractivity contribution >= 4 is 11.5 Å². The van der Waals surface area contributed by atoms with Crippen molar-refractivity contribution in [2.45, 2.75) is 55.7 Å². The van der Waals surface area contributed by atoms with Gasteiger partial charge in [-0.1, -0.05) is 36.8 Å². The van der Waals surface area contributed by atoms with Crippen LogP contribution in [0.1, 0.15) is 48.6 Å². The molecule has 1 spiro atoms. The summed E-state index contributed by atoms with van der Waals surface area (Å²) in [5.41, 5.74) is 5.13. The largest absolute Gasteiger partial charge is 0.573 e. The van der Waals surface area contributed by atoms with E-state index in [1.54, 1.807) is 0 Å². The zero-order valence-electron chi connectivity index (χ0n) is 21.0. The molecule has 2 aromatic carbocycles. The SMILES string of the molecule is NC(=Nc1ccc(OC(F)(F)F)c([C@@H]2CO[C@]3(CCC[C@H](CNCCF)[C@H]3c3ccccc3)C2)c1)C(F)(F)F. The maximum absolute atomic E-state index is 13.2. The van der Waals surface area contributed by atoms with E-state index in [2.05, 4.69) is 15.0 Å². The summed E-state index contributed by atoms with van der Waals surface area (Å²) in [5.74, 6) is -2.78. The molecule has 3 N–H and O–H groups in total. The third-order valence-electron chi connectivity index (χ3n) is 7.41. The van der Waals surface area contributed by atoms with Gasteiger partial charge in [0.2, 0.25) is 5.84 Å². The van der Waals surface area contributed by atoms with Gasteiger partial charge in [0.25, 0.3) is 0 Å². The Morgan fingerprint density at radius 2 is 1.85 bits per heavy atom. The highest BCUT2D eigenvalue weighted by molar-refractivity contribution is 5.88. The number of amidine groups is 1. The van der Waals surface area contributed by atoms with Crippen LogP contribution in [0.25, 0.3) is 0 Å². The molecule has 2 aliphatic rings. The minimum absolute atomic E-state index is 0.0457. The first kappa shape index (κ1) is 29.1. The number of rotatable bonds is 8. The number of nitrogens with two attached hydrogens (primary N) is 1. The number of hydrogen-bond donors (Lipinski definition) is 2. The number of ether oxygens (including phenoxy) is 2. The van der Waals surface area contributed by atoms with Gasteiger partial charge in [-0.3, -0.25) is 0 Å². The fourth-order valence-electron chi connectivity index (χ4n) is 5.96. The second kappa shape index (κ2) is 11.7. The van der Waals surface area contributed by atoms with Crippen LogP contribution in [0.5, 0.6) is 5.75 Å². The summed E-state index contributed by atoms with van der Waals surface area (Å²) in [6.07, 6.45) is -7.27. The topological polar surface area (TPSA) is 68.9 Å². The van der Waals surface area contributed by atoms with Crippen molar-refractivity contribution in [1.82, 2.24) is 5.32 Å². The Morgan fingerprint density at radius 1 is 1.10 bits per heavy atom. The van der Waals surface area contributed by atoms with E-state index in [1.165, 1.54) is 0 Å². The maximum Gasteiger partial charge on any atom is 0.573 e. The Bertz CT molecular complexity index is 1140. The molecule has 39 heavy (non-hydrogen) atoms. The summed E-state index contributed by atoms with van der Waals surface area (Å²) in [6.45, 7) is 0.291. The quantitative estimate of drug-likeness (QED) is 0.167. The molecule has 0 aromatic heterocycles. The molecule has 2 fully saturated rings. The van der Waals surface area contributed by atoms with Crippen LogP contribution in [0.3, 0.4) is 0 Å². The lowest BCUT2D eigenvalue weighted by Gasteiger charge is -2.46. The van der Waals surface area contributed by atoms with E-state index in [4.69, 9.17) is 10.5 Å². The number of nitrogens with zero attached hydrogens (tertiary/aromatic N) is 1. The number of aliphatic imine (C=N–C) groups is 1. The molecule has 0 amide bonds. The predicted molar refractivity (Wildman–Crippen MR) is 132 cm³/mol. The highest BCUT2D eigenvalue weighted by Crippen LogP contribution is 2.55. The molecular formula is C27H30F7N3O2. The summed E-state index contributed by atoms with van der Waals surface area (Å²) in [4.78, 5) is 3.37. The molecule has 12 heteroatoms. The minimum atomic E-state index is -5.01. The molecule has 5 nitrogen and oxygen atoms in total. The maximum atomic E-state index is 13.2. The molecule has 1 aliphatic heterocycles. The number of benzene rings is 2. The lowest BCUT2D eigenvalue weighted by Crippen LogP contribution is -2.46. The van der Waals surface area contributed by atoms with E-state index < -0.39 is 42.3 Å². The Kier molecular flexibility index (Phi) is 8.75. The van der Waals surface area contributed by atoms with Gasteiger partial charge in [-0.15, -0.1) is 13.2 Å². The summed E-state index contributed by atoms with van der Waals surface area (Å²) < 4.78 is 102. The van der Waals surface area contributed by atoms with Crippen LogP contribution in [0.15, 0.2) is 53.5 Å². The van der Waals surface area contributed by atoms with E-state index in [0.717, 1.165) is 36.6 Å². The van der Waals surface area contributed by atoms with E-state index in [1.807, 2.05) is 30.3 Å². The van der Waals surface area contributed by atoms with Crippen LogP contribution in [0.2, 0.25) is 0 Å². The van der Waals surface area contributed by atoms with Crippen molar-refractivity contribution in [2.24, 2.45) is 16.6 Å². The smallest absolute Gasteiger partial charge is 0.405 e. The predicted octanol–water partition coefficient (Wildman–Crippen LogP) is 6.52. The van der Waals surface area contributed by atoms with E-state index in [-0.39, 0.29) is 36.2 Å². The first-order valence-corrected chi connectivity index (χ1v) is 12.7. The Labute approximate surface area is 221 Å². The highest BCUT2D eigenvalue weighted by atomic mass is 19.4. The van der Waals surface area contributed by atoms with E-state index in [0.29, 0.717) is 19.4 Å². The first-order valence-electron chi connectivity index (χ1n) is 12.7. The van der Waals surface area contributed by atoms with Crippen LogP contribution in [0.4, 0.5) is 36.4 Å². The lowest BCUT2D eigenvalue weighted by molar-refractivity contribution is -0.275. The van der Waals surface area contributed by atoms with Gasteiger partial charge < -0.3 is 20.5 Å². The molecule has 0 unspecified atom stereocenters. The minimum Gasteiger partial charge on any atom is -0.405 e. The van der Waals surface area contributed by atoms with Gasteiger partial charge in [0.05, 0.1) is 17.9 Å². The molecule has 1 saturated heterocycles.